The highest BCUT2D eigenvalue weighted by atomic mass is 16.5. The molecule has 3 heteroatoms. The van der Waals surface area contributed by atoms with Gasteiger partial charge in [0.2, 0.25) is 0 Å². The molecule has 2 aromatic rings. The number of hydrogen-bond donors (Lipinski definition) is 1. The summed E-state index contributed by atoms with van der Waals surface area (Å²) in [5, 5.41) is 3.46. The number of benzene rings is 2. The molecule has 1 aliphatic heterocycles. The first-order valence-corrected chi connectivity index (χ1v) is 7.98. The largest absolute Gasteiger partial charge is 0.489 e. The maximum absolute atomic E-state index is 5.79. The topological polar surface area (TPSA) is 30.5 Å². The van der Waals surface area contributed by atoms with Crippen LogP contribution < -0.4 is 10.1 Å². The van der Waals surface area contributed by atoms with Gasteiger partial charge in [-0.25, -0.2) is 0 Å². The molecule has 1 saturated heterocycles. The van der Waals surface area contributed by atoms with Crippen molar-refractivity contribution in [2.75, 3.05) is 13.2 Å². The van der Waals surface area contributed by atoms with Crippen LogP contribution in [0, 0.1) is 0 Å². The molecule has 22 heavy (non-hydrogen) atoms. The van der Waals surface area contributed by atoms with Crippen LogP contribution in [0.25, 0.3) is 0 Å². The Labute approximate surface area is 132 Å². The quantitative estimate of drug-likeness (QED) is 0.848. The van der Waals surface area contributed by atoms with Gasteiger partial charge in [0, 0.05) is 19.7 Å². The molecular weight excluding hydrogens is 274 g/mol. The third-order valence-electron chi connectivity index (χ3n) is 3.90. The molecule has 3 nitrogen and oxygen atoms in total. The summed E-state index contributed by atoms with van der Waals surface area (Å²) in [5.74, 6) is 0.909. The van der Waals surface area contributed by atoms with Gasteiger partial charge in [0.25, 0.3) is 0 Å². The molecule has 0 amide bonds. The molecule has 0 aliphatic carbocycles. The molecule has 1 aliphatic rings. The van der Waals surface area contributed by atoms with Crippen LogP contribution in [-0.4, -0.2) is 19.3 Å². The van der Waals surface area contributed by atoms with Crippen LogP contribution in [0.5, 0.6) is 5.75 Å². The molecule has 1 atom stereocenters. The fourth-order valence-electron chi connectivity index (χ4n) is 2.63. The summed E-state index contributed by atoms with van der Waals surface area (Å²) in [6.45, 7) is 3.34. The van der Waals surface area contributed by atoms with E-state index in [-0.39, 0.29) is 0 Å². The van der Waals surface area contributed by atoms with Gasteiger partial charge >= 0.3 is 0 Å². The van der Waals surface area contributed by atoms with Gasteiger partial charge in [-0.05, 0) is 36.1 Å². The first-order valence-electron chi connectivity index (χ1n) is 7.98. The van der Waals surface area contributed by atoms with Gasteiger partial charge in [-0.3, -0.25) is 0 Å². The summed E-state index contributed by atoms with van der Waals surface area (Å²) in [6, 6.07) is 18.5. The Morgan fingerprint density at radius 2 is 1.82 bits per heavy atom. The highest BCUT2D eigenvalue weighted by Gasteiger charge is 2.14. The number of hydrogen-bond acceptors (Lipinski definition) is 3. The summed E-state index contributed by atoms with van der Waals surface area (Å²) >= 11 is 0. The van der Waals surface area contributed by atoms with E-state index in [1.165, 1.54) is 24.0 Å². The van der Waals surface area contributed by atoms with Crippen molar-refractivity contribution in [3.63, 3.8) is 0 Å². The smallest absolute Gasteiger partial charge is 0.119 e. The number of nitrogens with one attached hydrogen (secondary N) is 1. The predicted octanol–water partition coefficient (Wildman–Crippen LogP) is 3.53. The van der Waals surface area contributed by atoms with Gasteiger partial charge < -0.3 is 14.8 Å². The highest BCUT2D eigenvalue weighted by molar-refractivity contribution is 5.27. The van der Waals surface area contributed by atoms with Gasteiger partial charge in [0.05, 0.1) is 6.10 Å². The molecule has 1 fully saturated rings. The Balaban J connectivity index is 1.41. The first kappa shape index (κ1) is 15.1. The van der Waals surface area contributed by atoms with E-state index in [1.807, 2.05) is 30.3 Å². The Morgan fingerprint density at radius 3 is 2.55 bits per heavy atom. The lowest BCUT2D eigenvalue weighted by Gasteiger charge is -2.11. The Kier molecular flexibility index (Phi) is 5.46. The van der Waals surface area contributed by atoms with Crippen molar-refractivity contribution in [1.29, 1.82) is 0 Å². The monoisotopic (exact) mass is 297 g/mol. The molecular formula is C19H23NO2. The van der Waals surface area contributed by atoms with Crippen molar-refractivity contribution >= 4 is 0 Å². The number of ether oxygens (including phenoxy) is 2. The molecule has 3 rings (SSSR count). The molecule has 0 radical (unpaired) electrons. The van der Waals surface area contributed by atoms with E-state index in [0.717, 1.165) is 25.4 Å². The Bertz CT molecular complexity index is 547. The van der Waals surface area contributed by atoms with Gasteiger partial charge in [0.1, 0.15) is 12.4 Å². The van der Waals surface area contributed by atoms with E-state index in [2.05, 4.69) is 29.6 Å². The third kappa shape index (κ3) is 4.58. The Hall–Kier alpha value is -1.84. The van der Waals surface area contributed by atoms with E-state index in [1.54, 1.807) is 0 Å². The van der Waals surface area contributed by atoms with Gasteiger partial charge in [-0.1, -0.05) is 42.5 Å². The Morgan fingerprint density at radius 1 is 1.00 bits per heavy atom. The number of rotatable bonds is 7. The van der Waals surface area contributed by atoms with Crippen LogP contribution in [0.1, 0.15) is 24.0 Å². The van der Waals surface area contributed by atoms with Crippen molar-refractivity contribution in [2.45, 2.75) is 32.1 Å². The summed E-state index contributed by atoms with van der Waals surface area (Å²) in [7, 11) is 0. The van der Waals surface area contributed by atoms with E-state index in [9.17, 15) is 0 Å². The van der Waals surface area contributed by atoms with Gasteiger partial charge in [-0.15, -0.1) is 0 Å². The molecule has 0 spiro atoms. The van der Waals surface area contributed by atoms with Crippen LogP contribution in [0.3, 0.4) is 0 Å². The lowest BCUT2D eigenvalue weighted by Crippen LogP contribution is -2.25. The second kappa shape index (κ2) is 7.97. The SMILES string of the molecule is c1ccc(COc2ccc(CNCC3CCCO3)cc2)cc1. The van der Waals surface area contributed by atoms with Crippen molar-refractivity contribution in [1.82, 2.24) is 5.32 Å². The van der Waals surface area contributed by atoms with E-state index < -0.39 is 0 Å². The zero-order valence-corrected chi connectivity index (χ0v) is 12.8. The first-order chi connectivity index (χ1) is 10.9. The second-order valence-electron chi connectivity index (χ2n) is 5.68. The maximum Gasteiger partial charge on any atom is 0.119 e. The van der Waals surface area contributed by atoms with Crippen molar-refractivity contribution in [3.8, 4) is 5.75 Å². The van der Waals surface area contributed by atoms with Crippen molar-refractivity contribution in [2.24, 2.45) is 0 Å². The average Bonchev–Trinajstić information content (AvgIpc) is 3.08. The van der Waals surface area contributed by atoms with Crippen LogP contribution in [0.2, 0.25) is 0 Å². The minimum atomic E-state index is 0.397. The lowest BCUT2D eigenvalue weighted by molar-refractivity contribution is 0.110. The molecule has 1 heterocycles. The van der Waals surface area contributed by atoms with E-state index in [4.69, 9.17) is 9.47 Å². The third-order valence-corrected chi connectivity index (χ3v) is 3.90. The molecule has 116 valence electrons. The minimum Gasteiger partial charge on any atom is -0.489 e. The normalized spacial score (nSPS) is 17.5. The second-order valence-corrected chi connectivity index (χ2v) is 5.68. The van der Waals surface area contributed by atoms with Crippen LogP contribution in [0.15, 0.2) is 54.6 Å². The predicted molar refractivity (Wildman–Crippen MR) is 87.9 cm³/mol. The van der Waals surface area contributed by atoms with E-state index >= 15 is 0 Å². The van der Waals surface area contributed by atoms with Gasteiger partial charge in [-0.2, -0.15) is 0 Å². The average molecular weight is 297 g/mol. The molecule has 0 aromatic heterocycles. The van der Waals surface area contributed by atoms with Gasteiger partial charge in [0.15, 0.2) is 0 Å². The summed E-state index contributed by atoms with van der Waals surface area (Å²) in [6.07, 6.45) is 2.77. The summed E-state index contributed by atoms with van der Waals surface area (Å²) < 4.78 is 11.4. The van der Waals surface area contributed by atoms with Crippen LogP contribution >= 0.6 is 0 Å². The summed E-state index contributed by atoms with van der Waals surface area (Å²) in [5.41, 5.74) is 2.45. The fraction of sp³-hybridized carbons (Fsp3) is 0.368. The zero-order valence-electron chi connectivity index (χ0n) is 12.8. The zero-order chi connectivity index (χ0) is 15.0. The minimum absolute atomic E-state index is 0.397. The van der Waals surface area contributed by atoms with Crippen LogP contribution in [-0.2, 0) is 17.9 Å². The molecule has 0 saturated carbocycles. The fourth-order valence-corrected chi connectivity index (χ4v) is 2.63. The lowest BCUT2D eigenvalue weighted by atomic mass is 10.2. The van der Waals surface area contributed by atoms with Crippen molar-refractivity contribution in [3.05, 3.63) is 65.7 Å². The van der Waals surface area contributed by atoms with Crippen molar-refractivity contribution < 1.29 is 9.47 Å². The van der Waals surface area contributed by atoms with Crippen LogP contribution in [0.4, 0.5) is 0 Å². The standard InChI is InChI=1S/C19H23NO2/c1-2-5-17(6-3-1)15-22-18-10-8-16(9-11-18)13-20-14-19-7-4-12-21-19/h1-3,5-6,8-11,19-20H,4,7,12-15H2. The molecule has 1 unspecified atom stereocenters. The summed E-state index contributed by atoms with van der Waals surface area (Å²) in [4.78, 5) is 0. The maximum atomic E-state index is 5.79. The molecule has 2 aromatic carbocycles. The highest BCUT2D eigenvalue weighted by Crippen LogP contribution is 2.15. The molecule has 1 N–H and O–H groups in total. The molecule has 0 bridgehead atoms. The van der Waals surface area contributed by atoms with E-state index in [0.29, 0.717) is 12.7 Å².